The van der Waals surface area contributed by atoms with Gasteiger partial charge in [0.1, 0.15) is 11.4 Å². The number of aromatic nitrogens is 4. The van der Waals surface area contributed by atoms with Crippen LogP contribution in [-0.4, -0.2) is 44.2 Å². The Morgan fingerprint density at radius 1 is 0.583 bits per heavy atom. The zero-order valence-electron chi connectivity index (χ0n) is 18.7. The van der Waals surface area contributed by atoms with E-state index in [0.29, 0.717) is 11.0 Å². The monoisotopic (exact) mass is 474 g/mol. The topological polar surface area (TPSA) is 134 Å². The Morgan fingerprint density at radius 3 is 1.39 bits per heavy atom. The average molecular weight is 474 g/mol. The molecule has 4 heterocycles. The molecule has 2 N–H and O–H groups in total. The summed E-state index contributed by atoms with van der Waals surface area (Å²) < 4.78 is 0. The standard InChI is InChI=1S/C26H18N8O2/c35-25(33-29-15-17-7-11-27-12-8-17)21-5-3-19-1-2-20-4-6-22(32-24(20)23(19)31-21)26(36)34-30-16-18-9-13-28-14-10-18/h1-16H,(H,33,35)(H,34,36)/b29-15+,30-16+. The SMILES string of the molecule is O=C(N/N=C/c1ccncc1)c1ccc2ccc3ccc(C(=O)N/N=C/c4ccncc4)nc3c2n1. The van der Waals surface area contributed by atoms with Crippen LogP contribution in [-0.2, 0) is 0 Å². The van der Waals surface area contributed by atoms with Gasteiger partial charge in [0, 0.05) is 35.6 Å². The molecule has 0 spiro atoms. The largest absolute Gasteiger partial charge is 0.289 e. The van der Waals surface area contributed by atoms with Crippen molar-refractivity contribution in [3.63, 3.8) is 0 Å². The first-order valence-corrected chi connectivity index (χ1v) is 10.8. The van der Waals surface area contributed by atoms with Crippen LogP contribution in [0, 0.1) is 0 Å². The summed E-state index contributed by atoms with van der Waals surface area (Å²) in [6, 6.07) is 17.6. The van der Waals surface area contributed by atoms with Crippen LogP contribution in [0.3, 0.4) is 0 Å². The molecule has 5 aromatic rings. The van der Waals surface area contributed by atoms with Gasteiger partial charge in [-0.1, -0.05) is 24.3 Å². The van der Waals surface area contributed by atoms with Gasteiger partial charge in [-0.25, -0.2) is 20.8 Å². The molecule has 0 aliphatic heterocycles. The maximum Gasteiger partial charge on any atom is 0.289 e. The maximum absolute atomic E-state index is 12.6. The molecule has 0 saturated heterocycles. The molecule has 0 aliphatic carbocycles. The lowest BCUT2D eigenvalue weighted by Gasteiger charge is -2.07. The lowest BCUT2D eigenvalue weighted by Crippen LogP contribution is -2.19. The Hall–Kier alpha value is -5.38. The molecule has 0 fully saturated rings. The van der Waals surface area contributed by atoms with Crippen molar-refractivity contribution >= 4 is 46.0 Å². The molecule has 5 rings (SSSR count). The molecule has 2 amide bonds. The van der Waals surface area contributed by atoms with E-state index in [0.717, 1.165) is 21.9 Å². The second-order valence-electron chi connectivity index (χ2n) is 7.56. The number of nitrogens with zero attached hydrogens (tertiary/aromatic N) is 6. The quantitative estimate of drug-likeness (QED) is 0.221. The molecule has 1 aromatic carbocycles. The normalized spacial score (nSPS) is 11.3. The van der Waals surface area contributed by atoms with Crippen LogP contribution in [0.5, 0.6) is 0 Å². The lowest BCUT2D eigenvalue weighted by molar-refractivity contribution is 0.0942. The molecule has 36 heavy (non-hydrogen) atoms. The second-order valence-corrected chi connectivity index (χ2v) is 7.56. The fourth-order valence-corrected chi connectivity index (χ4v) is 3.37. The first kappa shape index (κ1) is 22.4. The van der Waals surface area contributed by atoms with E-state index in [4.69, 9.17) is 0 Å². The summed E-state index contributed by atoms with van der Waals surface area (Å²) in [6.07, 6.45) is 9.56. The Kier molecular flexibility index (Phi) is 6.39. The highest BCUT2D eigenvalue weighted by Crippen LogP contribution is 2.23. The highest BCUT2D eigenvalue weighted by Gasteiger charge is 2.13. The molecule has 0 bridgehead atoms. The maximum atomic E-state index is 12.6. The van der Waals surface area contributed by atoms with Crippen LogP contribution in [0.25, 0.3) is 21.8 Å². The Bertz CT molecular complexity index is 1500. The Labute approximate surface area is 204 Å². The van der Waals surface area contributed by atoms with Crippen LogP contribution in [0.4, 0.5) is 0 Å². The van der Waals surface area contributed by atoms with Gasteiger partial charge in [-0.2, -0.15) is 10.2 Å². The van der Waals surface area contributed by atoms with Crippen LogP contribution in [0.15, 0.2) is 95.7 Å². The van der Waals surface area contributed by atoms with Crippen molar-refractivity contribution in [2.24, 2.45) is 10.2 Å². The number of carbonyl (C=O) groups is 2. The van der Waals surface area contributed by atoms with Gasteiger partial charge in [0.25, 0.3) is 11.8 Å². The minimum atomic E-state index is -0.474. The van der Waals surface area contributed by atoms with Gasteiger partial charge >= 0.3 is 0 Å². The number of hydrazone groups is 2. The minimum absolute atomic E-state index is 0.167. The molecular weight excluding hydrogens is 456 g/mol. The summed E-state index contributed by atoms with van der Waals surface area (Å²) in [4.78, 5) is 42.1. The molecule has 0 radical (unpaired) electrons. The zero-order valence-corrected chi connectivity index (χ0v) is 18.7. The third-order valence-electron chi connectivity index (χ3n) is 5.16. The van der Waals surface area contributed by atoms with Crippen LogP contribution < -0.4 is 10.9 Å². The van der Waals surface area contributed by atoms with Gasteiger partial charge in [0.15, 0.2) is 0 Å². The van der Waals surface area contributed by atoms with Gasteiger partial charge in [0.05, 0.1) is 23.5 Å². The summed E-state index contributed by atoms with van der Waals surface area (Å²) in [7, 11) is 0. The number of nitrogens with one attached hydrogen (secondary N) is 2. The van der Waals surface area contributed by atoms with E-state index in [1.807, 2.05) is 12.1 Å². The van der Waals surface area contributed by atoms with E-state index >= 15 is 0 Å². The average Bonchev–Trinajstić information content (AvgIpc) is 2.93. The summed E-state index contributed by atoms with van der Waals surface area (Å²) in [5, 5.41) is 9.50. The van der Waals surface area contributed by atoms with Crippen molar-refractivity contribution < 1.29 is 9.59 Å². The van der Waals surface area contributed by atoms with Crippen molar-refractivity contribution in [3.05, 3.63) is 108 Å². The predicted octanol–water partition coefficient (Wildman–Crippen LogP) is 3.10. The van der Waals surface area contributed by atoms with Gasteiger partial charge < -0.3 is 0 Å². The lowest BCUT2D eigenvalue weighted by atomic mass is 10.1. The first-order chi connectivity index (χ1) is 17.7. The van der Waals surface area contributed by atoms with Crippen LogP contribution in [0.1, 0.15) is 32.1 Å². The summed E-state index contributed by atoms with van der Waals surface area (Å²) in [5.74, 6) is -0.947. The number of rotatable bonds is 6. The van der Waals surface area contributed by atoms with E-state index in [9.17, 15) is 9.59 Å². The van der Waals surface area contributed by atoms with E-state index in [-0.39, 0.29) is 11.4 Å². The molecule has 0 aliphatic rings. The Balaban J connectivity index is 1.39. The van der Waals surface area contributed by atoms with E-state index < -0.39 is 11.8 Å². The molecule has 4 aromatic heterocycles. The van der Waals surface area contributed by atoms with E-state index in [2.05, 4.69) is 41.0 Å². The minimum Gasteiger partial charge on any atom is -0.266 e. The summed E-state index contributed by atoms with van der Waals surface area (Å²) >= 11 is 0. The first-order valence-electron chi connectivity index (χ1n) is 10.8. The van der Waals surface area contributed by atoms with Crippen LogP contribution >= 0.6 is 0 Å². The molecule has 174 valence electrons. The molecule has 10 heteroatoms. The van der Waals surface area contributed by atoms with Crippen molar-refractivity contribution in [1.82, 2.24) is 30.8 Å². The van der Waals surface area contributed by atoms with Gasteiger partial charge in [-0.05, 0) is 47.5 Å². The molecule has 10 nitrogen and oxygen atoms in total. The van der Waals surface area contributed by atoms with Crippen molar-refractivity contribution in [3.8, 4) is 0 Å². The predicted molar refractivity (Wildman–Crippen MR) is 136 cm³/mol. The number of fused-ring (bicyclic) bond motifs is 3. The van der Waals surface area contributed by atoms with Gasteiger partial charge in [0.2, 0.25) is 0 Å². The summed E-state index contributed by atoms with van der Waals surface area (Å²) in [5.41, 5.74) is 7.85. The number of hydrogen-bond donors (Lipinski definition) is 2. The number of hydrogen-bond acceptors (Lipinski definition) is 8. The third-order valence-corrected chi connectivity index (χ3v) is 5.16. The highest BCUT2D eigenvalue weighted by atomic mass is 16.2. The molecule has 0 saturated carbocycles. The van der Waals surface area contributed by atoms with E-state index in [1.165, 1.54) is 12.4 Å². The fraction of sp³-hybridized carbons (Fsp3) is 0. The van der Waals surface area contributed by atoms with Crippen molar-refractivity contribution in [2.45, 2.75) is 0 Å². The van der Waals surface area contributed by atoms with Gasteiger partial charge in [-0.3, -0.25) is 19.6 Å². The van der Waals surface area contributed by atoms with Gasteiger partial charge in [-0.15, -0.1) is 0 Å². The Morgan fingerprint density at radius 2 is 0.972 bits per heavy atom. The molecule has 0 unspecified atom stereocenters. The molecule has 0 atom stereocenters. The summed E-state index contributed by atoms with van der Waals surface area (Å²) in [6.45, 7) is 0. The van der Waals surface area contributed by atoms with Crippen LogP contribution in [0.2, 0.25) is 0 Å². The number of carbonyl (C=O) groups excluding carboxylic acids is 2. The smallest absolute Gasteiger partial charge is 0.266 e. The fourth-order valence-electron chi connectivity index (χ4n) is 3.37. The zero-order chi connectivity index (χ0) is 24.7. The van der Waals surface area contributed by atoms with E-state index in [1.54, 1.807) is 73.3 Å². The highest BCUT2D eigenvalue weighted by molar-refractivity contribution is 6.06. The number of amides is 2. The third kappa shape index (κ3) is 5.07. The number of benzene rings is 1. The van der Waals surface area contributed by atoms with Crippen molar-refractivity contribution in [1.29, 1.82) is 0 Å². The molecular formula is C26H18N8O2. The number of pyridine rings is 4. The second kappa shape index (κ2) is 10.3. The van der Waals surface area contributed by atoms with Crippen molar-refractivity contribution in [2.75, 3.05) is 0 Å².